The third-order valence-corrected chi connectivity index (χ3v) is 6.52. The van der Waals surface area contributed by atoms with Gasteiger partial charge in [-0.2, -0.15) is 5.26 Å². The van der Waals surface area contributed by atoms with E-state index in [1.807, 2.05) is 23.1 Å². The van der Waals surface area contributed by atoms with Crippen LogP contribution in [0.5, 0.6) is 11.5 Å². The number of amides is 1. The molecule has 170 valence electrons. The summed E-state index contributed by atoms with van der Waals surface area (Å²) >= 11 is 1.40. The Hall–Kier alpha value is -3.48. The molecule has 0 unspecified atom stereocenters. The third-order valence-electron chi connectivity index (χ3n) is 5.63. The van der Waals surface area contributed by atoms with Crippen molar-refractivity contribution in [3.63, 3.8) is 0 Å². The molecule has 0 bridgehead atoms. The average molecular weight is 467 g/mol. The first kappa shape index (κ1) is 22.7. The molecule has 2 heterocycles. The SMILES string of the molecule is COc1ccc(-c2nc(C(=O)N3CCN([C@@H](C#N)c4ccc(F)cc4)CC3)cs2)cc1OC. The number of rotatable bonds is 6. The lowest BCUT2D eigenvalue weighted by atomic mass is 10.1. The summed E-state index contributed by atoms with van der Waals surface area (Å²) in [5, 5.41) is 12.1. The Morgan fingerprint density at radius 2 is 1.79 bits per heavy atom. The van der Waals surface area contributed by atoms with Crippen LogP contribution >= 0.6 is 11.3 Å². The zero-order valence-corrected chi connectivity index (χ0v) is 19.1. The van der Waals surface area contributed by atoms with Crippen LogP contribution in [0.1, 0.15) is 22.1 Å². The summed E-state index contributed by atoms with van der Waals surface area (Å²) in [7, 11) is 3.15. The van der Waals surface area contributed by atoms with Crippen molar-refractivity contribution in [3.05, 3.63) is 64.9 Å². The first-order valence-corrected chi connectivity index (χ1v) is 11.3. The predicted molar refractivity (Wildman–Crippen MR) is 123 cm³/mol. The minimum absolute atomic E-state index is 0.132. The third kappa shape index (κ3) is 4.82. The van der Waals surface area contributed by atoms with Crippen LogP contribution in [0.3, 0.4) is 0 Å². The largest absolute Gasteiger partial charge is 0.493 e. The Labute approximate surface area is 195 Å². The van der Waals surface area contributed by atoms with Crippen LogP contribution in [-0.2, 0) is 0 Å². The summed E-state index contributed by atoms with van der Waals surface area (Å²) in [4.78, 5) is 21.3. The molecule has 33 heavy (non-hydrogen) atoms. The van der Waals surface area contributed by atoms with Gasteiger partial charge in [-0.05, 0) is 35.9 Å². The van der Waals surface area contributed by atoms with Crippen molar-refractivity contribution in [2.24, 2.45) is 0 Å². The quantitative estimate of drug-likeness (QED) is 0.547. The maximum atomic E-state index is 13.2. The minimum Gasteiger partial charge on any atom is -0.493 e. The van der Waals surface area contributed by atoms with E-state index in [-0.39, 0.29) is 11.7 Å². The molecular formula is C24H23FN4O3S. The molecule has 1 aliphatic heterocycles. The van der Waals surface area contributed by atoms with Crippen molar-refractivity contribution in [1.29, 1.82) is 5.26 Å². The second-order valence-corrected chi connectivity index (χ2v) is 8.38. The van der Waals surface area contributed by atoms with Gasteiger partial charge in [-0.3, -0.25) is 9.69 Å². The number of nitrogens with zero attached hydrogens (tertiary/aromatic N) is 4. The molecule has 7 nitrogen and oxygen atoms in total. The van der Waals surface area contributed by atoms with E-state index < -0.39 is 6.04 Å². The van der Waals surface area contributed by atoms with Crippen molar-refractivity contribution < 1.29 is 18.7 Å². The molecule has 1 saturated heterocycles. The molecule has 0 spiro atoms. The number of carbonyl (C=O) groups excluding carboxylic acids is 1. The second-order valence-electron chi connectivity index (χ2n) is 7.52. The van der Waals surface area contributed by atoms with Crippen molar-refractivity contribution in [1.82, 2.24) is 14.8 Å². The van der Waals surface area contributed by atoms with E-state index in [9.17, 15) is 14.4 Å². The topological polar surface area (TPSA) is 78.7 Å². The molecule has 0 aliphatic carbocycles. The van der Waals surface area contributed by atoms with E-state index in [0.29, 0.717) is 43.4 Å². The van der Waals surface area contributed by atoms with E-state index in [0.717, 1.165) is 16.1 Å². The highest BCUT2D eigenvalue weighted by atomic mass is 32.1. The van der Waals surface area contributed by atoms with E-state index in [1.165, 1.54) is 23.5 Å². The highest BCUT2D eigenvalue weighted by Crippen LogP contribution is 2.33. The molecule has 1 amide bonds. The Bertz CT molecular complexity index is 1170. The molecule has 0 radical (unpaired) electrons. The summed E-state index contributed by atoms with van der Waals surface area (Å²) < 4.78 is 23.9. The lowest BCUT2D eigenvalue weighted by molar-refractivity contribution is 0.0601. The number of methoxy groups -OCH3 is 2. The molecule has 1 atom stereocenters. The molecule has 0 saturated carbocycles. The highest BCUT2D eigenvalue weighted by Gasteiger charge is 2.28. The fourth-order valence-electron chi connectivity index (χ4n) is 3.83. The normalized spacial score (nSPS) is 15.0. The Morgan fingerprint density at radius 3 is 2.42 bits per heavy atom. The van der Waals surface area contributed by atoms with Crippen LogP contribution in [0.25, 0.3) is 10.6 Å². The number of nitriles is 1. The second kappa shape index (κ2) is 9.98. The van der Waals surface area contributed by atoms with Gasteiger partial charge in [0, 0.05) is 37.1 Å². The van der Waals surface area contributed by atoms with Gasteiger partial charge >= 0.3 is 0 Å². The zero-order valence-electron chi connectivity index (χ0n) is 18.3. The fourth-order valence-corrected chi connectivity index (χ4v) is 4.62. The minimum atomic E-state index is -0.473. The van der Waals surface area contributed by atoms with Crippen molar-refractivity contribution >= 4 is 17.2 Å². The van der Waals surface area contributed by atoms with Gasteiger partial charge in [-0.25, -0.2) is 9.37 Å². The number of piperazine rings is 1. The molecule has 1 aromatic heterocycles. The van der Waals surface area contributed by atoms with Gasteiger partial charge in [0.05, 0.1) is 20.3 Å². The molecule has 0 N–H and O–H groups in total. The first-order chi connectivity index (χ1) is 16.0. The van der Waals surface area contributed by atoms with Crippen molar-refractivity contribution in [2.75, 3.05) is 40.4 Å². The summed E-state index contributed by atoms with van der Waals surface area (Å²) in [5.41, 5.74) is 1.99. The van der Waals surface area contributed by atoms with Gasteiger partial charge in [-0.15, -0.1) is 11.3 Å². The van der Waals surface area contributed by atoms with Gasteiger partial charge in [0.15, 0.2) is 11.5 Å². The van der Waals surface area contributed by atoms with Crippen LogP contribution in [0.2, 0.25) is 0 Å². The Kier molecular flexibility index (Phi) is 6.87. The van der Waals surface area contributed by atoms with Crippen LogP contribution in [0.4, 0.5) is 4.39 Å². The maximum absolute atomic E-state index is 13.2. The molecular weight excluding hydrogens is 443 g/mol. The summed E-state index contributed by atoms with van der Waals surface area (Å²) in [6.07, 6.45) is 0. The smallest absolute Gasteiger partial charge is 0.273 e. The molecule has 1 fully saturated rings. The van der Waals surface area contributed by atoms with Crippen LogP contribution in [-0.4, -0.2) is 61.1 Å². The number of benzene rings is 2. The van der Waals surface area contributed by atoms with Gasteiger partial charge < -0.3 is 14.4 Å². The van der Waals surface area contributed by atoms with E-state index >= 15 is 0 Å². The standard InChI is InChI=1S/C24H23FN4O3S/c1-31-21-8-5-17(13-22(21)32-2)23-27-19(15-33-23)24(30)29-11-9-28(10-12-29)20(14-26)16-3-6-18(25)7-4-16/h3-8,13,15,20H,9-12H2,1-2H3/t20-/m0/s1. The molecule has 4 rings (SSSR count). The number of halogens is 1. The number of aromatic nitrogens is 1. The predicted octanol–water partition coefficient (Wildman–Crippen LogP) is 3.99. The van der Waals surface area contributed by atoms with Gasteiger partial charge in [-0.1, -0.05) is 12.1 Å². The number of ether oxygens (including phenoxy) is 2. The molecule has 1 aliphatic rings. The van der Waals surface area contributed by atoms with Gasteiger partial charge in [0.1, 0.15) is 22.6 Å². The Morgan fingerprint density at radius 1 is 1.09 bits per heavy atom. The number of hydrogen-bond donors (Lipinski definition) is 0. The van der Waals surface area contributed by atoms with Crippen molar-refractivity contribution in [2.45, 2.75) is 6.04 Å². The average Bonchev–Trinajstić information content (AvgIpc) is 3.35. The van der Waals surface area contributed by atoms with E-state index in [1.54, 1.807) is 36.6 Å². The number of carbonyl (C=O) groups is 1. The van der Waals surface area contributed by atoms with Gasteiger partial charge in [0.2, 0.25) is 0 Å². The Balaban J connectivity index is 1.42. The lowest BCUT2D eigenvalue weighted by Crippen LogP contribution is -2.49. The maximum Gasteiger partial charge on any atom is 0.273 e. The highest BCUT2D eigenvalue weighted by molar-refractivity contribution is 7.13. The monoisotopic (exact) mass is 466 g/mol. The molecule has 9 heteroatoms. The summed E-state index contributed by atoms with van der Waals surface area (Å²) in [6.45, 7) is 2.07. The summed E-state index contributed by atoms with van der Waals surface area (Å²) in [6, 6.07) is 13.3. The van der Waals surface area contributed by atoms with Crippen molar-refractivity contribution in [3.8, 4) is 28.1 Å². The van der Waals surface area contributed by atoms with Gasteiger partial charge in [0.25, 0.3) is 5.91 Å². The molecule has 3 aromatic rings. The zero-order chi connectivity index (χ0) is 23.4. The molecule has 2 aromatic carbocycles. The summed E-state index contributed by atoms with van der Waals surface area (Å²) in [5.74, 6) is 0.764. The number of hydrogen-bond acceptors (Lipinski definition) is 7. The first-order valence-electron chi connectivity index (χ1n) is 10.4. The van der Waals surface area contributed by atoms with Crippen LogP contribution in [0.15, 0.2) is 47.8 Å². The van der Waals surface area contributed by atoms with Crippen LogP contribution < -0.4 is 9.47 Å². The van der Waals surface area contributed by atoms with E-state index in [2.05, 4.69) is 11.1 Å². The lowest BCUT2D eigenvalue weighted by Gasteiger charge is -2.36. The fraction of sp³-hybridized carbons (Fsp3) is 0.292. The van der Waals surface area contributed by atoms with Crippen LogP contribution in [0, 0.1) is 17.1 Å². The number of thiazole rings is 1. The van der Waals surface area contributed by atoms with E-state index in [4.69, 9.17) is 9.47 Å².